The molecule has 0 aliphatic carbocycles. The first-order chi connectivity index (χ1) is 7.27. The largest absolute Gasteiger partial charge is 0.466 e. The molecule has 1 aromatic rings. The van der Waals surface area contributed by atoms with E-state index in [2.05, 4.69) is 19.1 Å². The highest BCUT2D eigenvalue weighted by Crippen LogP contribution is 2.23. The van der Waals surface area contributed by atoms with E-state index in [0.717, 1.165) is 6.42 Å². The minimum atomic E-state index is -0.104. The van der Waals surface area contributed by atoms with Crippen molar-refractivity contribution in [3.63, 3.8) is 0 Å². The van der Waals surface area contributed by atoms with Crippen LogP contribution in [0, 0.1) is 0 Å². The number of esters is 1. The van der Waals surface area contributed by atoms with Crippen molar-refractivity contribution in [2.75, 3.05) is 6.61 Å². The fourth-order valence-corrected chi connectivity index (χ4v) is 1.64. The topological polar surface area (TPSA) is 26.3 Å². The van der Waals surface area contributed by atoms with Gasteiger partial charge in [0.25, 0.3) is 0 Å². The van der Waals surface area contributed by atoms with Crippen molar-refractivity contribution >= 4 is 5.97 Å². The summed E-state index contributed by atoms with van der Waals surface area (Å²) in [5.74, 6) is 0.179. The Bertz CT molecular complexity index is 293. The fourth-order valence-electron chi connectivity index (χ4n) is 1.64. The summed E-state index contributed by atoms with van der Waals surface area (Å²) >= 11 is 0. The number of carbonyl (C=O) groups is 1. The highest BCUT2D eigenvalue weighted by molar-refractivity contribution is 5.70. The number of ether oxygens (including phenoxy) is 1. The van der Waals surface area contributed by atoms with Gasteiger partial charge in [-0.15, -0.1) is 0 Å². The van der Waals surface area contributed by atoms with Crippen molar-refractivity contribution in [3.8, 4) is 0 Å². The Morgan fingerprint density at radius 1 is 1.27 bits per heavy atom. The molecule has 0 bridgehead atoms. The Hall–Kier alpha value is -1.31. The monoisotopic (exact) mass is 206 g/mol. The summed E-state index contributed by atoms with van der Waals surface area (Å²) in [6, 6.07) is 10.1. The minimum Gasteiger partial charge on any atom is -0.466 e. The zero-order valence-corrected chi connectivity index (χ0v) is 9.40. The normalized spacial score (nSPS) is 12.1. The first-order valence-electron chi connectivity index (χ1n) is 5.48. The van der Waals surface area contributed by atoms with Gasteiger partial charge in [0.2, 0.25) is 0 Å². The molecule has 0 aromatic heterocycles. The van der Waals surface area contributed by atoms with Gasteiger partial charge in [0.05, 0.1) is 13.0 Å². The molecule has 2 heteroatoms. The van der Waals surface area contributed by atoms with E-state index in [-0.39, 0.29) is 11.9 Å². The third kappa shape index (κ3) is 3.74. The molecular formula is C13H18O2. The van der Waals surface area contributed by atoms with Crippen LogP contribution in [-0.4, -0.2) is 12.6 Å². The molecule has 0 fully saturated rings. The van der Waals surface area contributed by atoms with E-state index in [4.69, 9.17) is 4.74 Å². The van der Waals surface area contributed by atoms with E-state index in [1.54, 1.807) is 0 Å². The van der Waals surface area contributed by atoms with Gasteiger partial charge in [0.1, 0.15) is 0 Å². The van der Waals surface area contributed by atoms with Crippen LogP contribution >= 0.6 is 0 Å². The van der Waals surface area contributed by atoms with Crippen LogP contribution in [0.15, 0.2) is 30.3 Å². The van der Waals surface area contributed by atoms with Crippen molar-refractivity contribution in [2.45, 2.75) is 32.6 Å². The number of hydrogen-bond donors (Lipinski definition) is 0. The molecule has 0 saturated carbocycles. The summed E-state index contributed by atoms with van der Waals surface area (Å²) in [7, 11) is 0. The lowest BCUT2D eigenvalue weighted by atomic mass is 9.93. The van der Waals surface area contributed by atoms with E-state index in [9.17, 15) is 4.79 Å². The van der Waals surface area contributed by atoms with Crippen LogP contribution in [0.4, 0.5) is 0 Å². The molecule has 0 spiro atoms. The first kappa shape index (κ1) is 11.8. The second-order valence-electron chi connectivity index (χ2n) is 3.53. The van der Waals surface area contributed by atoms with Crippen LogP contribution in [0.3, 0.4) is 0 Å². The Balaban J connectivity index is 2.61. The molecular weight excluding hydrogens is 188 g/mol. The van der Waals surface area contributed by atoms with Crippen molar-refractivity contribution in [1.82, 2.24) is 0 Å². The van der Waals surface area contributed by atoms with Gasteiger partial charge in [0.15, 0.2) is 0 Å². The summed E-state index contributed by atoms with van der Waals surface area (Å²) in [5.41, 5.74) is 1.22. The lowest BCUT2D eigenvalue weighted by molar-refractivity contribution is -0.143. The third-order valence-corrected chi connectivity index (χ3v) is 2.48. The van der Waals surface area contributed by atoms with Gasteiger partial charge in [0, 0.05) is 0 Å². The SMILES string of the molecule is CCOC(=O)C[C@H](CC)c1ccccc1. The van der Waals surface area contributed by atoms with Crippen molar-refractivity contribution in [1.29, 1.82) is 0 Å². The van der Waals surface area contributed by atoms with Gasteiger partial charge >= 0.3 is 5.97 Å². The Kier molecular flexibility index (Phi) is 4.88. The van der Waals surface area contributed by atoms with Crippen LogP contribution in [0.5, 0.6) is 0 Å². The highest BCUT2D eigenvalue weighted by atomic mass is 16.5. The lowest BCUT2D eigenvalue weighted by Crippen LogP contribution is -2.09. The predicted octanol–water partition coefficient (Wildman–Crippen LogP) is 3.13. The van der Waals surface area contributed by atoms with Crippen LogP contribution in [0.1, 0.15) is 38.2 Å². The number of carbonyl (C=O) groups excluding carboxylic acids is 1. The zero-order valence-electron chi connectivity index (χ0n) is 9.40. The molecule has 0 aliphatic rings. The van der Waals surface area contributed by atoms with E-state index in [1.807, 2.05) is 25.1 Å². The van der Waals surface area contributed by atoms with E-state index >= 15 is 0 Å². The smallest absolute Gasteiger partial charge is 0.306 e. The Morgan fingerprint density at radius 3 is 2.47 bits per heavy atom. The molecule has 0 heterocycles. The van der Waals surface area contributed by atoms with Gasteiger partial charge < -0.3 is 4.74 Å². The molecule has 15 heavy (non-hydrogen) atoms. The van der Waals surface area contributed by atoms with Crippen LogP contribution < -0.4 is 0 Å². The molecule has 0 aliphatic heterocycles. The average Bonchev–Trinajstić information content (AvgIpc) is 2.27. The molecule has 0 unspecified atom stereocenters. The highest BCUT2D eigenvalue weighted by Gasteiger charge is 2.14. The van der Waals surface area contributed by atoms with E-state index < -0.39 is 0 Å². The van der Waals surface area contributed by atoms with Gasteiger partial charge in [-0.2, -0.15) is 0 Å². The number of rotatable bonds is 5. The van der Waals surface area contributed by atoms with Crippen molar-refractivity contribution < 1.29 is 9.53 Å². The summed E-state index contributed by atoms with van der Waals surface area (Å²) in [6.07, 6.45) is 1.44. The second kappa shape index (κ2) is 6.23. The molecule has 0 radical (unpaired) electrons. The molecule has 0 saturated heterocycles. The molecule has 1 atom stereocenters. The maximum Gasteiger partial charge on any atom is 0.306 e. The predicted molar refractivity (Wildman–Crippen MR) is 60.7 cm³/mol. The third-order valence-electron chi connectivity index (χ3n) is 2.48. The molecule has 0 amide bonds. The van der Waals surface area contributed by atoms with E-state index in [1.165, 1.54) is 5.56 Å². The van der Waals surface area contributed by atoms with Gasteiger partial charge in [-0.1, -0.05) is 37.3 Å². The van der Waals surface area contributed by atoms with Gasteiger partial charge in [-0.05, 0) is 24.8 Å². The standard InChI is InChI=1S/C13H18O2/c1-3-11(10-13(14)15-4-2)12-8-6-5-7-9-12/h5-9,11H,3-4,10H2,1-2H3/t11-/m0/s1. The fraction of sp³-hybridized carbons (Fsp3) is 0.462. The van der Waals surface area contributed by atoms with Crippen LogP contribution in [0.25, 0.3) is 0 Å². The van der Waals surface area contributed by atoms with Gasteiger partial charge in [-0.3, -0.25) is 4.79 Å². The van der Waals surface area contributed by atoms with Crippen LogP contribution in [-0.2, 0) is 9.53 Å². The summed E-state index contributed by atoms with van der Waals surface area (Å²) < 4.78 is 4.96. The number of benzene rings is 1. The maximum atomic E-state index is 11.4. The summed E-state index contributed by atoms with van der Waals surface area (Å²) in [6.45, 7) is 4.39. The molecule has 0 N–H and O–H groups in total. The quantitative estimate of drug-likeness (QED) is 0.692. The maximum absolute atomic E-state index is 11.4. The van der Waals surface area contributed by atoms with E-state index in [0.29, 0.717) is 13.0 Å². The minimum absolute atomic E-state index is 0.104. The molecule has 82 valence electrons. The molecule has 1 aromatic carbocycles. The Morgan fingerprint density at radius 2 is 1.93 bits per heavy atom. The second-order valence-corrected chi connectivity index (χ2v) is 3.53. The van der Waals surface area contributed by atoms with Crippen molar-refractivity contribution in [2.24, 2.45) is 0 Å². The molecule has 1 rings (SSSR count). The van der Waals surface area contributed by atoms with Gasteiger partial charge in [-0.25, -0.2) is 0 Å². The summed E-state index contributed by atoms with van der Waals surface area (Å²) in [4.78, 5) is 11.4. The first-order valence-corrected chi connectivity index (χ1v) is 5.48. The zero-order chi connectivity index (χ0) is 11.1. The van der Waals surface area contributed by atoms with Crippen LogP contribution in [0.2, 0.25) is 0 Å². The molecule has 2 nitrogen and oxygen atoms in total. The lowest BCUT2D eigenvalue weighted by Gasteiger charge is -2.13. The average molecular weight is 206 g/mol. The Labute approximate surface area is 91.3 Å². The van der Waals surface area contributed by atoms with Crippen molar-refractivity contribution in [3.05, 3.63) is 35.9 Å². The summed E-state index contributed by atoms with van der Waals surface area (Å²) in [5, 5.41) is 0. The number of hydrogen-bond acceptors (Lipinski definition) is 2.